The van der Waals surface area contributed by atoms with E-state index in [2.05, 4.69) is 156 Å². The normalized spacial score (nSPS) is 11.8. The molecule has 9 rings (SSSR count). The maximum absolute atomic E-state index is 2.46. The van der Waals surface area contributed by atoms with E-state index < -0.39 is 0 Å². The summed E-state index contributed by atoms with van der Waals surface area (Å²) in [5.41, 5.74) is 8.51. The first-order valence-corrected chi connectivity index (χ1v) is 15.2. The van der Waals surface area contributed by atoms with Gasteiger partial charge in [-0.2, -0.15) is 0 Å². The fourth-order valence-corrected chi connectivity index (χ4v) is 7.94. The smallest absolute Gasteiger partial charge is 0.0555 e. The summed E-state index contributed by atoms with van der Waals surface area (Å²) in [5, 5.41) is 7.94. The van der Waals surface area contributed by atoms with Crippen molar-refractivity contribution < 1.29 is 0 Å². The van der Waals surface area contributed by atoms with E-state index in [0.29, 0.717) is 0 Å². The highest BCUT2D eigenvalue weighted by Crippen LogP contribution is 2.45. The number of aromatic nitrogens is 1. The molecule has 0 bridgehead atoms. The van der Waals surface area contributed by atoms with Gasteiger partial charge in [0.25, 0.3) is 0 Å². The van der Waals surface area contributed by atoms with Crippen LogP contribution < -0.4 is 0 Å². The second kappa shape index (κ2) is 9.17. The summed E-state index contributed by atoms with van der Waals surface area (Å²) >= 11 is 1.92. The van der Waals surface area contributed by atoms with Crippen LogP contribution in [0, 0.1) is 0 Å². The van der Waals surface area contributed by atoms with Gasteiger partial charge in [-0.15, -0.1) is 11.3 Å². The number of benzene rings is 7. The van der Waals surface area contributed by atoms with Crippen molar-refractivity contribution >= 4 is 64.1 Å². The molecule has 0 aliphatic carbocycles. The number of nitrogens with zero attached hydrogens (tertiary/aromatic N) is 1. The molecule has 0 radical (unpaired) electrons. The van der Waals surface area contributed by atoms with Crippen molar-refractivity contribution in [1.82, 2.24) is 4.57 Å². The molecule has 2 aromatic heterocycles. The molecule has 0 aliphatic heterocycles. The first kappa shape index (κ1) is 23.5. The van der Waals surface area contributed by atoms with E-state index in [1.165, 1.54) is 80.7 Å². The third kappa shape index (κ3) is 3.49. The lowest BCUT2D eigenvalue weighted by Gasteiger charge is -2.14. The first-order chi connectivity index (χ1) is 20.8. The van der Waals surface area contributed by atoms with Crippen LogP contribution in [0.5, 0.6) is 0 Å². The summed E-state index contributed by atoms with van der Waals surface area (Å²) in [4.78, 5) is 0. The van der Waals surface area contributed by atoms with Gasteiger partial charge in [-0.25, -0.2) is 0 Å². The molecule has 0 N–H and O–H groups in total. The standard InChI is InChI=1S/C40H25NS/c1-3-11-26(12-4-1)29-23-30(27-13-5-2-6-14-27)25-31(24-29)41-35-18-10-9-17-33(35)39-36(41)21-20-34-38-32-16-8-7-15-28(32)19-22-37(38)42-40(34)39/h1-25H. The molecule has 2 heteroatoms. The second-order valence-corrected chi connectivity index (χ2v) is 12.0. The van der Waals surface area contributed by atoms with Crippen molar-refractivity contribution in [2.24, 2.45) is 0 Å². The molecule has 0 unspecified atom stereocenters. The molecule has 1 nitrogen and oxygen atoms in total. The van der Waals surface area contributed by atoms with Gasteiger partial charge in [0.15, 0.2) is 0 Å². The van der Waals surface area contributed by atoms with E-state index >= 15 is 0 Å². The lowest BCUT2D eigenvalue weighted by Crippen LogP contribution is -1.96. The van der Waals surface area contributed by atoms with E-state index in [-0.39, 0.29) is 0 Å². The van der Waals surface area contributed by atoms with Gasteiger partial charge in [0.1, 0.15) is 0 Å². The average Bonchev–Trinajstić information content (AvgIpc) is 3.61. The van der Waals surface area contributed by atoms with Crippen LogP contribution in [0.3, 0.4) is 0 Å². The van der Waals surface area contributed by atoms with Gasteiger partial charge in [0.05, 0.1) is 11.0 Å². The fourth-order valence-electron chi connectivity index (χ4n) is 6.67. The molecule has 0 saturated heterocycles. The van der Waals surface area contributed by atoms with Gasteiger partial charge in [-0.3, -0.25) is 0 Å². The maximum Gasteiger partial charge on any atom is 0.0555 e. The Labute approximate surface area is 247 Å². The number of hydrogen-bond acceptors (Lipinski definition) is 1. The predicted molar refractivity (Wildman–Crippen MR) is 182 cm³/mol. The molecule has 0 fully saturated rings. The Balaban J connectivity index is 1.40. The SMILES string of the molecule is c1ccc(-c2cc(-c3ccccc3)cc(-n3c4ccccc4c4c5sc6ccc7ccccc7c6c5ccc43)c2)cc1. The second-order valence-electron chi connectivity index (χ2n) is 11.0. The Morgan fingerprint density at radius 2 is 1.05 bits per heavy atom. The zero-order valence-corrected chi connectivity index (χ0v) is 23.6. The van der Waals surface area contributed by atoms with Crippen LogP contribution in [-0.4, -0.2) is 4.57 Å². The summed E-state index contributed by atoms with van der Waals surface area (Å²) < 4.78 is 5.16. The minimum Gasteiger partial charge on any atom is -0.309 e. The zero-order valence-electron chi connectivity index (χ0n) is 22.8. The maximum atomic E-state index is 2.46. The van der Waals surface area contributed by atoms with Crippen LogP contribution in [0.15, 0.2) is 152 Å². The van der Waals surface area contributed by atoms with Gasteiger partial charge in [-0.1, -0.05) is 115 Å². The van der Waals surface area contributed by atoms with Crippen LogP contribution in [0.25, 0.3) is 80.7 Å². The molecule has 0 aliphatic rings. The Bertz CT molecular complexity index is 2390. The van der Waals surface area contributed by atoms with Crippen molar-refractivity contribution in [3.8, 4) is 27.9 Å². The average molecular weight is 552 g/mol. The Hall–Kier alpha value is -5.18. The molecule has 0 spiro atoms. The van der Waals surface area contributed by atoms with E-state index in [1.54, 1.807) is 0 Å². The molecule has 2 heterocycles. The van der Waals surface area contributed by atoms with Crippen molar-refractivity contribution in [1.29, 1.82) is 0 Å². The molecule has 0 atom stereocenters. The summed E-state index contributed by atoms with van der Waals surface area (Å²) in [6, 6.07) is 55.3. The Morgan fingerprint density at radius 1 is 0.405 bits per heavy atom. The number of fused-ring (bicyclic) bond motifs is 9. The van der Waals surface area contributed by atoms with Gasteiger partial charge in [-0.05, 0) is 69.4 Å². The van der Waals surface area contributed by atoms with E-state index in [4.69, 9.17) is 0 Å². The molecule has 9 aromatic rings. The van der Waals surface area contributed by atoms with Crippen molar-refractivity contribution in [2.45, 2.75) is 0 Å². The van der Waals surface area contributed by atoms with Crippen molar-refractivity contribution in [2.75, 3.05) is 0 Å². The number of rotatable bonds is 3. The van der Waals surface area contributed by atoms with Crippen LogP contribution >= 0.6 is 11.3 Å². The molecule has 0 saturated carbocycles. The Morgan fingerprint density at radius 3 is 1.79 bits per heavy atom. The summed E-state index contributed by atoms with van der Waals surface area (Å²) in [7, 11) is 0. The molecule has 0 amide bonds. The number of hydrogen-bond donors (Lipinski definition) is 0. The molecular weight excluding hydrogens is 527 g/mol. The topological polar surface area (TPSA) is 4.93 Å². The highest BCUT2D eigenvalue weighted by Gasteiger charge is 2.19. The van der Waals surface area contributed by atoms with Gasteiger partial charge >= 0.3 is 0 Å². The Kier molecular flexibility index (Phi) is 5.13. The van der Waals surface area contributed by atoms with E-state index in [1.807, 2.05) is 11.3 Å². The minimum atomic E-state index is 1.17. The largest absolute Gasteiger partial charge is 0.309 e. The fraction of sp³-hybridized carbons (Fsp3) is 0. The summed E-state index contributed by atoms with van der Waals surface area (Å²) in [5.74, 6) is 0. The quantitative estimate of drug-likeness (QED) is 0.206. The van der Waals surface area contributed by atoms with Crippen LogP contribution in [0.1, 0.15) is 0 Å². The minimum absolute atomic E-state index is 1.17. The zero-order chi connectivity index (χ0) is 27.6. The van der Waals surface area contributed by atoms with E-state index in [9.17, 15) is 0 Å². The van der Waals surface area contributed by atoms with Crippen LogP contribution in [0.2, 0.25) is 0 Å². The third-order valence-electron chi connectivity index (χ3n) is 8.55. The molecule has 196 valence electrons. The lowest BCUT2D eigenvalue weighted by molar-refractivity contribution is 1.18. The van der Waals surface area contributed by atoms with Gasteiger partial charge in [0, 0.05) is 36.6 Å². The first-order valence-electron chi connectivity index (χ1n) is 14.4. The van der Waals surface area contributed by atoms with E-state index in [0.717, 1.165) is 0 Å². The highest BCUT2D eigenvalue weighted by molar-refractivity contribution is 7.27. The third-order valence-corrected chi connectivity index (χ3v) is 9.74. The lowest BCUT2D eigenvalue weighted by atomic mass is 9.98. The number of thiophene rings is 1. The molecule has 7 aromatic carbocycles. The van der Waals surface area contributed by atoms with Crippen LogP contribution in [-0.2, 0) is 0 Å². The van der Waals surface area contributed by atoms with Crippen molar-refractivity contribution in [3.05, 3.63) is 152 Å². The monoisotopic (exact) mass is 551 g/mol. The highest BCUT2D eigenvalue weighted by atomic mass is 32.1. The summed E-state index contributed by atoms with van der Waals surface area (Å²) in [6.07, 6.45) is 0. The number of para-hydroxylation sites is 1. The van der Waals surface area contributed by atoms with Crippen LogP contribution in [0.4, 0.5) is 0 Å². The molecular formula is C40H25NS. The predicted octanol–water partition coefficient (Wildman–Crippen LogP) is 11.6. The van der Waals surface area contributed by atoms with Crippen molar-refractivity contribution in [3.63, 3.8) is 0 Å². The van der Waals surface area contributed by atoms with Gasteiger partial charge in [0.2, 0.25) is 0 Å². The molecule has 42 heavy (non-hydrogen) atoms. The summed E-state index contributed by atoms with van der Waals surface area (Å²) in [6.45, 7) is 0. The van der Waals surface area contributed by atoms with Gasteiger partial charge < -0.3 is 4.57 Å².